The van der Waals surface area contributed by atoms with Crippen molar-refractivity contribution in [2.45, 2.75) is 63.8 Å². The van der Waals surface area contributed by atoms with Crippen LogP contribution in [-0.4, -0.2) is 66.0 Å². The van der Waals surface area contributed by atoms with Crippen molar-refractivity contribution >= 4 is 38.3 Å². The number of carbonyl (C=O) groups is 2. The Morgan fingerprint density at radius 1 is 1.09 bits per heavy atom. The fourth-order valence-electron chi connectivity index (χ4n) is 3.44. The van der Waals surface area contributed by atoms with Crippen molar-refractivity contribution in [1.29, 1.82) is 0 Å². The Morgan fingerprint density at radius 3 is 2.32 bits per heavy atom. The van der Waals surface area contributed by atoms with Crippen molar-refractivity contribution in [3.8, 4) is 0 Å². The maximum Gasteiger partial charge on any atom is 0.271 e. The number of nitrogens with one attached hydrogen (secondary N) is 3. The van der Waals surface area contributed by atoms with Crippen LogP contribution in [0.2, 0.25) is 0 Å². The van der Waals surface area contributed by atoms with E-state index in [1.54, 1.807) is 0 Å². The number of unbranched alkanes of at least 4 members (excludes halogenated alkanes) is 1. The van der Waals surface area contributed by atoms with Gasteiger partial charge in [-0.25, -0.2) is 13.4 Å². The van der Waals surface area contributed by atoms with Crippen LogP contribution in [0.15, 0.2) is 35.7 Å². The van der Waals surface area contributed by atoms with Gasteiger partial charge in [0.15, 0.2) is 5.13 Å². The first-order valence-electron chi connectivity index (χ1n) is 10.9. The molecule has 2 rings (SSSR count). The molecule has 0 aliphatic rings. The highest BCUT2D eigenvalue weighted by atomic mass is 32.2. The molecule has 4 atom stereocenters. The van der Waals surface area contributed by atoms with Crippen molar-refractivity contribution in [2.24, 2.45) is 0 Å². The maximum atomic E-state index is 12.9. The van der Waals surface area contributed by atoms with Crippen LogP contribution in [0.4, 0.5) is 5.13 Å². The number of anilines is 1. The van der Waals surface area contributed by atoms with Gasteiger partial charge in [0.2, 0.25) is 15.9 Å². The largest absolute Gasteiger partial charge is 0.388 e. The summed E-state index contributed by atoms with van der Waals surface area (Å²) in [7, 11) is -3.55. The second kappa shape index (κ2) is 12.8. The quantitative estimate of drug-likeness (QED) is 0.270. The summed E-state index contributed by atoms with van der Waals surface area (Å²) in [6.07, 6.45) is 0.506. The molecule has 2 amide bonds. The number of carbonyl (C=O) groups excluding carboxylic acids is 2. The zero-order valence-electron chi connectivity index (χ0n) is 19.4. The summed E-state index contributed by atoms with van der Waals surface area (Å²) in [5.74, 6) is -0.959. The molecule has 10 nitrogen and oxygen atoms in total. The van der Waals surface area contributed by atoms with Crippen molar-refractivity contribution in [2.75, 3.05) is 11.0 Å². The zero-order valence-corrected chi connectivity index (χ0v) is 21.0. The van der Waals surface area contributed by atoms with Crippen LogP contribution in [0.5, 0.6) is 0 Å². The van der Waals surface area contributed by atoms with Gasteiger partial charge in [0.25, 0.3) is 5.91 Å². The molecule has 34 heavy (non-hydrogen) atoms. The predicted molar refractivity (Wildman–Crippen MR) is 131 cm³/mol. The third kappa shape index (κ3) is 9.01. The van der Waals surface area contributed by atoms with Gasteiger partial charge in [-0.15, -0.1) is 11.3 Å². The second-order valence-corrected chi connectivity index (χ2v) is 10.7. The lowest BCUT2D eigenvalue weighted by molar-refractivity contribution is -0.121. The molecule has 0 aliphatic carbocycles. The minimum Gasteiger partial charge on any atom is -0.388 e. The van der Waals surface area contributed by atoms with E-state index >= 15 is 0 Å². The second-order valence-electron chi connectivity index (χ2n) is 8.11. The molecule has 2 aromatic rings. The first kappa shape index (κ1) is 27.7. The zero-order chi connectivity index (χ0) is 25.3. The lowest BCUT2D eigenvalue weighted by atomic mass is 9.91. The average molecular weight is 513 g/mol. The summed E-state index contributed by atoms with van der Waals surface area (Å²) in [6, 6.07) is 7.55. The summed E-state index contributed by atoms with van der Waals surface area (Å²) in [6.45, 7) is 3.32. The molecular formula is C22H32N4O6S2. The number of hydrogen-bond acceptors (Lipinski definition) is 8. The van der Waals surface area contributed by atoms with Crippen LogP contribution >= 0.6 is 11.3 Å². The standard InChI is InChI=1S/C22H32N4O6S2/c1-4-5-11-16(23-14(2)27)19(28)20(29)17(12-15-9-7-6-8-10-15)24-21(30)18-13-33-22(25-18)26-34(3,31)32/h6-10,13,16-17,19-20,28-29H,4-5,11-12H2,1-3H3,(H,23,27)(H,24,30)(H,25,26). The number of amides is 2. The number of sulfonamides is 1. The third-order valence-electron chi connectivity index (χ3n) is 5.06. The van der Waals surface area contributed by atoms with Crippen LogP contribution in [0.1, 0.15) is 49.2 Å². The predicted octanol–water partition coefficient (Wildman–Crippen LogP) is 1.27. The van der Waals surface area contributed by atoms with Gasteiger partial charge in [-0.3, -0.25) is 14.3 Å². The van der Waals surface area contributed by atoms with Crippen LogP contribution < -0.4 is 15.4 Å². The van der Waals surface area contributed by atoms with Gasteiger partial charge in [0, 0.05) is 12.3 Å². The highest BCUT2D eigenvalue weighted by molar-refractivity contribution is 7.92. The van der Waals surface area contributed by atoms with Crippen LogP contribution in [0, 0.1) is 0 Å². The van der Waals surface area contributed by atoms with Crippen LogP contribution in [0.25, 0.3) is 0 Å². The molecule has 5 N–H and O–H groups in total. The van der Waals surface area contributed by atoms with E-state index in [4.69, 9.17) is 0 Å². The maximum absolute atomic E-state index is 12.9. The normalized spacial score (nSPS) is 15.1. The van der Waals surface area contributed by atoms with Crippen molar-refractivity contribution in [3.05, 3.63) is 47.0 Å². The molecule has 4 unspecified atom stereocenters. The monoisotopic (exact) mass is 512 g/mol. The summed E-state index contributed by atoms with van der Waals surface area (Å²) < 4.78 is 25.0. The Balaban J connectivity index is 2.24. The highest BCUT2D eigenvalue weighted by Crippen LogP contribution is 2.18. The first-order chi connectivity index (χ1) is 16.0. The summed E-state index contributed by atoms with van der Waals surface area (Å²) >= 11 is 0.950. The van der Waals surface area contributed by atoms with E-state index in [1.165, 1.54) is 12.3 Å². The molecule has 1 aromatic carbocycles. The molecular weight excluding hydrogens is 480 g/mol. The number of aliphatic hydroxyl groups is 2. The number of benzene rings is 1. The fourth-order valence-corrected chi connectivity index (χ4v) is 4.98. The molecule has 0 saturated carbocycles. The summed E-state index contributed by atoms with van der Waals surface area (Å²) in [5, 5.41) is 28.8. The first-order valence-corrected chi connectivity index (χ1v) is 13.7. The van der Waals surface area contributed by atoms with Gasteiger partial charge in [-0.2, -0.15) is 0 Å². The van der Waals surface area contributed by atoms with Crippen molar-refractivity contribution < 1.29 is 28.2 Å². The molecule has 188 valence electrons. The van der Waals surface area contributed by atoms with E-state index in [-0.39, 0.29) is 23.2 Å². The molecule has 0 bridgehead atoms. The Bertz CT molecular complexity index is 1040. The molecule has 1 heterocycles. The minimum atomic E-state index is -3.55. The molecule has 0 spiro atoms. The van der Waals surface area contributed by atoms with Gasteiger partial charge in [-0.05, 0) is 18.4 Å². The Kier molecular flexibility index (Phi) is 10.4. The number of aromatic nitrogens is 1. The molecule has 0 fully saturated rings. The molecule has 0 saturated heterocycles. The summed E-state index contributed by atoms with van der Waals surface area (Å²) in [4.78, 5) is 28.5. The van der Waals surface area contributed by atoms with Gasteiger partial charge in [0.05, 0.1) is 18.3 Å². The van der Waals surface area contributed by atoms with Gasteiger partial charge >= 0.3 is 0 Å². The van der Waals surface area contributed by atoms with Gasteiger partial charge in [-0.1, -0.05) is 50.1 Å². The van der Waals surface area contributed by atoms with E-state index in [0.29, 0.717) is 6.42 Å². The molecule has 1 aromatic heterocycles. The Hall–Kier alpha value is -2.54. The number of nitrogens with zero attached hydrogens (tertiary/aromatic N) is 1. The van der Waals surface area contributed by atoms with E-state index in [0.717, 1.165) is 36.0 Å². The number of hydrogen-bond donors (Lipinski definition) is 5. The number of aliphatic hydroxyl groups excluding tert-OH is 2. The summed E-state index contributed by atoms with van der Waals surface area (Å²) in [5.41, 5.74) is 0.793. The molecule has 12 heteroatoms. The third-order valence-corrected chi connectivity index (χ3v) is 6.51. The Morgan fingerprint density at radius 2 is 1.74 bits per heavy atom. The number of rotatable bonds is 13. The number of thiazole rings is 1. The van der Waals surface area contributed by atoms with E-state index in [2.05, 4.69) is 20.3 Å². The topological polar surface area (TPSA) is 158 Å². The Labute approximate surface area is 203 Å². The smallest absolute Gasteiger partial charge is 0.271 e. The SMILES string of the molecule is CCCCC(NC(C)=O)C(O)C(O)C(Cc1ccccc1)NC(=O)c1csc(NS(C)(=O)=O)n1. The van der Waals surface area contributed by atoms with Crippen molar-refractivity contribution in [1.82, 2.24) is 15.6 Å². The van der Waals surface area contributed by atoms with E-state index in [1.807, 2.05) is 37.3 Å². The van der Waals surface area contributed by atoms with Crippen LogP contribution in [-0.2, 0) is 21.2 Å². The minimum absolute atomic E-state index is 0.0275. The van der Waals surface area contributed by atoms with Crippen LogP contribution in [0.3, 0.4) is 0 Å². The van der Waals surface area contributed by atoms with Crippen molar-refractivity contribution in [3.63, 3.8) is 0 Å². The van der Waals surface area contributed by atoms with E-state index < -0.39 is 40.2 Å². The van der Waals surface area contributed by atoms with E-state index in [9.17, 15) is 28.2 Å². The molecule has 0 radical (unpaired) electrons. The van der Waals surface area contributed by atoms with Gasteiger partial charge < -0.3 is 20.8 Å². The van der Waals surface area contributed by atoms with Gasteiger partial charge in [0.1, 0.15) is 17.9 Å². The lowest BCUT2D eigenvalue weighted by Gasteiger charge is -2.32. The average Bonchev–Trinajstić information content (AvgIpc) is 3.22. The fraction of sp³-hybridized carbons (Fsp3) is 0.500. The lowest BCUT2D eigenvalue weighted by Crippen LogP contribution is -2.56. The highest BCUT2D eigenvalue weighted by Gasteiger charge is 2.34. The molecule has 0 aliphatic heterocycles.